The molecule has 0 bridgehead atoms. The molecule has 5 rings (SSSR count). The lowest BCUT2D eigenvalue weighted by molar-refractivity contribution is -0.251. The van der Waals surface area contributed by atoms with Crippen LogP contribution in [0.25, 0.3) is 0 Å². The molecular formula is C33H54O4. The molecule has 0 aliphatic heterocycles. The second kappa shape index (κ2) is 8.72. The maximum absolute atomic E-state index is 12.9. The molecule has 10 atom stereocenters. The van der Waals surface area contributed by atoms with Gasteiger partial charge in [0, 0.05) is 11.8 Å². The summed E-state index contributed by atoms with van der Waals surface area (Å²) in [6.07, 6.45) is 11.3. The van der Waals surface area contributed by atoms with Crippen molar-refractivity contribution in [3.05, 3.63) is 0 Å². The van der Waals surface area contributed by atoms with Gasteiger partial charge < -0.3 is 9.84 Å². The molecule has 0 aromatic heterocycles. The molecule has 1 N–H and O–H groups in total. The molecule has 1 unspecified atom stereocenters. The van der Waals surface area contributed by atoms with Gasteiger partial charge in [0.2, 0.25) is 0 Å². The van der Waals surface area contributed by atoms with Crippen LogP contribution in [-0.4, -0.2) is 23.1 Å². The molecule has 5 aliphatic carbocycles. The van der Waals surface area contributed by atoms with E-state index in [0.717, 1.165) is 38.5 Å². The van der Waals surface area contributed by atoms with E-state index >= 15 is 0 Å². The average molecular weight is 515 g/mol. The molecule has 0 aromatic carbocycles. The predicted molar refractivity (Wildman–Crippen MR) is 147 cm³/mol. The maximum Gasteiger partial charge on any atom is 0.309 e. The first-order chi connectivity index (χ1) is 17.2. The lowest BCUT2D eigenvalue weighted by atomic mass is 9.32. The molecule has 5 fully saturated rings. The van der Waals surface area contributed by atoms with E-state index in [0.29, 0.717) is 41.9 Å². The Labute approximate surface area is 226 Å². The minimum absolute atomic E-state index is 0.0177. The third-order valence-corrected chi connectivity index (χ3v) is 14.3. The van der Waals surface area contributed by atoms with Gasteiger partial charge in [-0.15, -0.1) is 0 Å². The van der Waals surface area contributed by atoms with Crippen molar-refractivity contribution in [1.29, 1.82) is 0 Å². The number of rotatable bonds is 4. The van der Waals surface area contributed by atoms with Crippen molar-refractivity contribution in [3.63, 3.8) is 0 Å². The first-order valence-corrected chi connectivity index (χ1v) is 15.6. The Kier molecular flexibility index (Phi) is 6.48. The molecule has 5 aliphatic rings. The van der Waals surface area contributed by atoms with E-state index in [1.165, 1.54) is 25.7 Å². The van der Waals surface area contributed by atoms with Crippen LogP contribution in [0, 0.1) is 62.6 Å². The van der Waals surface area contributed by atoms with E-state index in [2.05, 4.69) is 48.5 Å². The van der Waals surface area contributed by atoms with Crippen LogP contribution in [-0.2, 0) is 14.3 Å². The Morgan fingerprint density at radius 2 is 1.54 bits per heavy atom. The molecule has 4 heteroatoms. The van der Waals surface area contributed by atoms with Gasteiger partial charge in [0.25, 0.3) is 0 Å². The lowest BCUT2D eigenvalue weighted by Gasteiger charge is -2.72. The number of hydrogen-bond donors (Lipinski definition) is 1. The van der Waals surface area contributed by atoms with Crippen LogP contribution in [0.5, 0.6) is 0 Å². The number of esters is 1. The topological polar surface area (TPSA) is 63.6 Å². The highest BCUT2D eigenvalue weighted by Gasteiger charge is 2.72. The van der Waals surface area contributed by atoms with Crippen LogP contribution >= 0.6 is 0 Å². The summed E-state index contributed by atoms with van der Waals surface area (Å²) >= 11 is 0. The maximum atomic E-state index is 12.9. The number of aliphatic carboxylic acids is 1. The highest BCUT2D eigenvalue weighted by molar-refractivity contribution is 5.76. The molecule has 37 heavy (non-hydrogen) atoms. The van der Waals surface area contributed by atoms with Gasteiger partial charge in [-0.25, -0.2) is 0 Å². The summed E-state index contributed by atoms with van der Waals surface area (Å²) in [5, 5.41) is 10.6. The number of hydrogen-bond acceptors (Lipinski definition) is 3. The standard InChI is InChI=1S/C33H54O4/c1-9-26(34)37-25-14-15-30(6)23(29(25,4)5)13-16-32(8)24(30)11-10-22-27-21(20(2)3)12-17-33(27,28(35)36)19-18-31(22,32)7/h20-25,27H,9-19H2,1-8H3,(H,35,36)/t21-,22?,23-,24+,25+,27-,30-,31+,32+,33-/m0/s1. The van der Waals surface area contributed by atoms with Crippen molar-refractivity contribution >= 4 is 11.9 Å². The first-order valence-electron chi connectivity index (χ1n) is 15.6. The monoisotopic (exact) mass is 514 g/mol. The van der Waals surface area contributed by atoms with Gasteiger partial charge in [0.15, 0.2) is 0 Å². The number of carbonyl (C=O) groups excluding carboxylic acids is 1. The van der Waals surface area contributed by atoms with Gasteiger partial charge >= 0.3 is 11.9 Å². The molecule has 210 valence electrons. The lowest BCUT2D eigenvalue weighted by Crippen LogP contribution is -2.67. The highest BCUT2D eigenvalue weighted by atomic mass is 16.5. The van der Waals surface area contributed by atoms with Crippen molar-refractivity contribution in [2.24, 2.45) is 62.6 Å². The van der Waals surface area contributed by atoms with Crippen molar-refractivity contribution < 1.29 is 19.4 Å². The van der Waals surface area contributed by atoms with Gasteiger partial charge in [-0.05, 0) is 116 Å². The van der Waals surface area contributed by atoms with Crippen molar-refractivity contribution in [3.8, 4) is 0 Å². The van der Waals surface area contributed by atoms with E-state index in [-0.39, 0.29) is 33.7 Å². The highest BCUT2D eigenvalue weighted by Crippen LogP contribution is 2.77. The number of carbonyl (C=O) groups is 2. The quantitative estimate of drug-likeness (QED) is 0.385. The molecule has 0 amide bonds. The van der Waals surface area contributed by atoms with Crippen LogP contribution in [0.4, 0.5) is 0 Å². The molecule has 5 saturated carbocycles. The zero-order valence-corrected chi connectivity index (χ0v) is 25.0. The number of carboxylic acids is 1. The van der Waals surface area contributed by atoms with Crippen LogP contribution in [0.15, 0.2) is 0 Å². The Bertz CT molecular complexity index is 939. The third kappa shape index (κ3) is 3.51. The van der Waals surface area contributed by atoms with Crippen molar-refractivity contribution in [1.82, 2.24) is 0 Å². The minimum atomic E-state index is -0.507. The average Bonchev–Trinajstić information content (AvgIpc) is 3.23. The number of fused-ring (bicyclic) bond motifs is 7. The van der Waals surface area contributed by atoms with Gasteiger partial charge in [0.1, 0.15) is 6.10 Å². The van der Waals surface area contributed by atoms with E-state index in [1.54, 1.807) is 0 Å². The Hall–Kier alpha value is -1.06. The summed E-state index contributed by atoms with van der Waals surface area (Å²) in [5.41, 5.74) is 0.163. The zero-order valence-electron chi connectivity index (χ0n) is 25.0. The predicted octanol–water partition coefficient (Wildman–Crippen LogP) is 8.13. The van der Waals surface area contributed by atoms with E-state index in [4.69, 9.17) is 4.74 Å². The summed E-state index contributed by atoms with van der Waals surface area (Å²) in [4.78, 5) is 25.1. The first kappa shape index (κ1) is 27.5. The van der Waals surface area contributed by atoms with Crippen LogP contribution in [0.1, 0.15) is 126 Å². The number of carboxylic acid groups (broad SMARTS) is 1. The molecule has 0 aromatic rings. The second-order valence-electron chi connectivity index (χ2n) is 15.8. The van der Waals surface area contributed by atoms with Crippen LogP contribution < -0.4 is 0 Å². The smallest absolute Gasteiger partial charge is 0.309 e. The van der Waals surface area contributed by atoms with Crippen molar-refractivity contribution in [2.45, 2.75) is 132 Å². The molecule has 0 spiro atoms. The fraction of sp³-hybridized carbons (Fsp3) is 0.939. The number of ether oxygens (including phenoxy) is 1. The molecule has 0 radical (unpaired) electrons. The van der Waals surface area contributed by atoms with Crippen LogP contribution in [0.2, 0.25) is 0 Å². The summed E-state index contributed by atoms with van der Waals surface area (Å²) in [5.74, 6) is 2.57. The van der Waals surface area contributed by atoms with E-state index in [9.17, 15) is 14.7 Å². The minimum Gasteiger partial charge on any atom is -0.481 e. The molecule has 0 saturated heterocycles. The largest absolute Gasteiger partial charge is 0.481 e. The SMILES string of the molecule is CCC(=O)O[C@@H]1CC[C@]2(C)[C@H]3CCC4[C@@H]5[C@H](C(C)C)CC[C@]5(C(=O)O)CC[C@@]4(C)[C@]3(C)CC[C@H]2C1(C)C. The molecular weight excluding hydrogens is 460 g/mol. The van der Waals surface area contributed by atoms with E-state index < -0.39 is 11.4 Å². The van der Waals surface area contributed by atoms with Gasteiger partial charge in [-0.3, -0.25) is 9.59 Å². The Balaban J connectivity index is 1.50. The summed E-state index contributed by atoms with van der Waals surface area (Å²) < 4.78 is 6.04. The second-order valence-corrected chi connectivity index (χ2v) is 15.8. The van der Waals surface area contributed by atoms with Gasteiger partial charge in [-0.2, -0.15) is 0 Å². The van der Waals surface area contributed by atoms with Gasteiger partial charge in [0.05, 0.1) is 5.41 Å². The molecule has 0 heterocycles. The van der Waals surface area contributed by atoms with Crippen molar-refractivity contribution in [2.75, 3.05) is 0 Å². The Morgan fingerprint density at radius 1 is 0.838 bits per heavy atom. The summed E-state index contributed by atoms with van der Waals surface area (Å²) in [6.45, 7) is 19.1. The van der Waals surface area contributed by atoms with Gasteiger partial charge in [-0.1, -0.05) is 55.4 Å². The summed E-state index contributed by atoms with van der Waals surface area (Å²) in [7, 11) is 0. The van der Waals surface area contributed by atoms with Crippen LogP contribution in [0.3, 0.4) is 0 Å². The normalized spacial score (nSPS) is 50.4. The summed E-state index contributed by atoms with van der Waals surface area (Å²) in [6, 6.07) is 0. The van der Waals surface area contributed by atoms with E-state index in [1.807, 2.05) is 6.92 Å². The fourth-order valence-electron chi connectivity index (χ4n) is 12.2. The fourth-order valence-corrected chi connectivity index (χ4v) is 12.2. The Morgan fingerprint density at radius 3 is 2.16 bits per heavy atom. The zero-order chi connectivity index (χ0) is 27.2. The third-order valence-electron chi connectivity index (χ3n) is 14.3. The molecule has 4 nitrogen and oxygen atoms in total.